The molecule has 9 heteroatoms. The highest BCUT2D eigenvalue weighted by atomic mass is 31.2. The molecule has 0 aliphatic carbocycles. The minimum absolute atomic E-state index is 0.00822. The van der Waals surface area contributed by atoms with Crippen LogP contribution in [0.2, 0.25) is 0 Å². The lowest BCUT2D eigenvalue weighted by Crippen LogP contribution is -2.45. The van der Waals surface area contributed by atoms with E-state index in [4.69, 9.17) is 9.05 Å². The number of allylic oxidation sites excluding steroid dienone is 11. The van der Waals surface area contributed by atoms with Crippen LogP contribution in [0.15, 0.2) is 72.9 Å². The van der Waals surface area contributed by atoms with Gasteiger partial charge in [-0.1, -0.05) is 267 Å². The number of phosphoric acid groups is 1. The Morgan fingerprint density at radius 1 is 0.507 bits per heavy atom. The van der Waals surface area contributed by atoms with E-state index in [0.717, 1.165) is 89.9 Å². The van der Waals surface area contributed by atoms with Crippen molar-refractivity contribution >= 4 is 13.7 Å². The zero-order valence-electron chi connectivity index (χ0n) is 47.2. The maximum Gasteiger partial charge on any atom is 0.268 e. The van der Waals surface area contributed by atoms with Crippen LogP contribution < -0.4 is 10.2 Å². The van der Waals surface area contributed by atoms with E-state index >= 15 is 0 Å². The summed E-state index contributed by atoms with van der Waals surface area (Å²) in [7, 11) is 1.24. The highest BCUT2D eigenvalue weighted by molar-refractivity contribution is 7.45. The Morgan fingerprint density at radius 3 is 1.25 bits per heavy atom. The van der Waals surface area contributed by atoms with E-state index in [-0.39, 0.29) is 12.5 Å². The Labute approximate surface area is 440 Å². The third-order valence-electron chi connectivity index (χ3n) is 13.2. The number of likely N-dealkylation sites (N-methyl/N-ethyl adjacent to an activating group) is 1. The van der Waals surface area contributed by atoms with E-state index in [0.29, 0.717) is 17.4 Å². The van der Waals surface area contributed by atoms with Crippen LogP contribution in [-0.4, -0.2) is 68.5 Å². The van der Waals surface area contributed by atoms with E-state index in [1.807, 2.05) is 27.2 Å². The summed E-state index contributed by atoms with van der Waals surface area (Å²) in [5, 5.41) is 13.9. The van der Waals surface area contributed by atoms with Gasteiger partial charge in [-0.15, -0.1) is 0 Å². The normalized spacial score (nSPS) is 14.4. The number of hydrogen-bond donors (Lipinski definition) is 2. The van der Waals surface area contributed by atoms with Crippen LogP contribution in [0.4, 0.5) is 0 Å². The number of nitrogens with one attached hydrogen (secondary N) is 1. The van der Waals surface area contributed by atoms with Gasteiger partial charge in [-0.3, -0.25) is 9.36 Å². The molecule has 0 heterocycles. The molecule has 0 aliphatic rings. The Balaban J connectivity index is 4.22. The van der Waals surface area contributed by atoms with Crippen molar-refractivity contribution in [3.05, 3.63) is 72.9 Å². The summed E-state index contributed by atoms with van der Waals surface area (Å²) >= 11 is 0. The highest BCUT2D eigenvalue weighted by Crippen LogP contribution is 2.38. The summed E-state index contributed by atoms with van der Waals surface area (Å²) in [6, 6.07) is -0.902. The zero-order valence-corrected chi connectivity index (χ0v) is 48.1. The molecule has 0 aromatic carbocycles. The lowest BCUT2D eigenvalue weighted by molar-refractivity contribution is -0.870. The van der Waals surface area contributed by atoms with Gasteiger partial charge in [-0.25, -0.2) is 0 Å². The average Bonchev–Trinajstić information content (AvgIpc) is 3.33. The van der Waals surface area contributed by atoms with Gasteiger partial charge >= 0.3 is 0 Å². The largest absolute Gasteiger partial charge is 0.756 e. The standard InChI is InChI=1S/C62H115N2O6P/c1-6-8-10-12-14-16-18-20-22-24-26-28-29-30-31-32-33-34-36-37-39-41-43-45-47-49-51-53-55-61(65)60(59-70-71(67,68)69-58-57-64(3,4)5)63-62(66)56-54-52-50-48-46-44-42-40-38-35-27-25-23-21-19-17-15-13-11-9-7-2/h9,11,15,17,21,23,27,35,40,42,53,55,60-61,65H,6-8,10,12-14,16,18-20,22,24-26,28-34,36-39,41,43-52,54,56-59H2,1-5H3,(H-,63,66,67,68)/b11-9-,17-15-,23-21-,35-27-,42-40-,55-53+. The fraction of sp³-hybridized carbons (Fsp3) is 0.790. The molecular weight excluding hydrogens is 900 g/mol. The van der Waals surface area contributed by atoms with Crippen LogP contribution in [0.25, 0.3) is 0 Å². The average molecular weight is 1020 g/mol. The number of nitrogens with zero attached hydrogens (tertiary/aromatic N) is 1. The number of amides is 1. The molecule has 0 aromatic heterocycles. The monoisotopic (exact) mass is 1010 g/mol. The topological polar surface area (TPSA) is 108 Å². The molecule has 8 nitrogen and oxygen atoms in total. The number of quaternary nitrogens is 1. The Morgan fingerprint density at radius 2 is 0.859 bits per heavy atom. The third-order valence-corrected chi connectivity index (χ3v) is 14.1. The number of aliphatic hydroxyl groups excluding tert-OH is 1. The summed E-state index contributed by atoms with van der Waals surface area (Å²) in [5.41, 5.74) is 0. The fourth-order valence-electron chi connectivity index (χ4n) is 8.53. The number of aliphatic hydroxyl groups is 1. The molecule has 0 radical (unpaired) electrons. The molecule has 0 saturated heterocycles. The van der Waals surface area contributed by atoms with Gasteiger partial charge in [-0.05, 0) is 64.2 Å². The van der Waals surface area contributed by atoms with Crippen molar-refractivity contribution in [2.75, 3.05) is 40.9 Å². The van der Waals surface area contributed by atoms with Crippen molar-refractivity contribution < 1.29 is 32.9 Å². The van der Waals surface area contributed by atoms with Crippen LogP contribution in [0.3, 0.4) is 0 Å². The van der Waals surface area contributed by atoms with Crippen molar-refractivity contribution in [3.8, 4) is 0 Å². The van der Waals surface area contributed by atoms with Gasteiger partial charge in [0.2, 0.25) is 5.91 Å². The van der Waals surface area contributed by atoms with E-state index in [1.54, 1.807) is 6.08 Å². The number of carbonyl (C=O) groups is 1. The van der Waals surface area contributed by atoms with Gasteiger partial charge < -0.3 is 28.8 Å². The highest BCUT2D eigenvalue weighted by Gasteiger charge is 2.23. The van der Waals surface area contributed by atoms with E-state index in [9.17, 15) is 19.4 Å². The summed E-state index contributed by atoms with van der Waals surface area (Å²) in [6.45, 7) is 4.54. The molecule has 71 heavy (non-hydrogen) atoms. The first kappa shape index (κ1) is 68.9. The molecule has 0 saturated carbocycles. The maximum atomic E-state index is 13.0. The summed E-state index contributed by atoms with van der Waals surface area (Å²) in [4.78, 5) is 25.5. The molecule has 0 rings (SSSR count). The van der Waals surface area contributed by atoms with Crippen molar-refractivity contribution in [1.29, 1.82) is 0 Å². The third kappa shape index (κ3) is 55.5. The molecule has 3 unspecified atom stereocenters. The second kappa shape index (κ2) is 52.8. The number of rotatable bonds is 54. The predicted molar refractivity (Wildman–Crippen MR) is 307 cm³/mol. The van der Waals surface area contributed by atoms with Crippen LogP contribution in [0.5, 0.6) is 0 Å². The summed E-state index contributed by atoms with van der Waals surface area (Å²) in [6.07, 6.45) is 72.7. The lowest BCUT2D eigenvalue weighted by atomic mass is 10.0. The van der Waals surface area contributed by atoms with Crippen molar-refractivity contribution in [2.45, 2.75) is 276 Å². The van der Waals surface area contributed by atoms with Crippen LogP contribution in [-0.2, 0) is 18.4 Å². The lowest BCUT2D eigenvalue weighted by Gasteiger charge is -2.29. The Kier molecular flexibility index (Phi) is 51.3. The molecule has 0 spiro atoms. The quantitative estimate of drug-likeness (QED) is 0.0272. The second-order valence-electron chi connectivity index (χ2n) is 21.3. The smallest absolute Gasteiger partial charge is 0.268 e. The SMILES string of the molecule is CC/C=C\C/C=C\C/C=C\C/C=C\C/C=C\CCCCCCCC(=O)NC(COP(=O)([O-])OCC[N+](C)(C)C)C(O)/C=C/CCCCCCCCCCCCCCCCCCCCCCCCCCCC. The van der Waals surface area contributed by atoms with Gasteiger partial charge in [0.15, 0.2) is 0 Å². The minimum Gasteiger partial charge on any atom is -0.756 e. The molecular formula is C62H115N2O6P. The first-order valence-electron chi connectivity index (χ1n) is 29.8. The maximum absolute atomic E-state index is 13.0. The molecule has 0 bridgehead atoms. The molecule has 0 aromatic rings. The molecule has 414 valence electrons. The van der Waals surface area contributed by atoms with Gasteiger partial charge in [0.1, 0.15) is 13.2 Å². The summed E-state index contributed by atoms with van der Waals surface area (Å²) in [5.74, 6) is -0.216. The van der Waals surface area contributed by atoms with Gasteiger partial charge in [0.25, 0.3) is 7.82 Å². The van der Waals surface area contributed by atoms with E-state index in [2.05, 4.69) is 79.9 Å². The van der Waals surface area contributed by atoms with Crippen LogP contribution in [0, 0.1) is 0 Å². The second-order valence-corrected chi connectivity index (χ2v) is 22.7. The predicted octanol–water partition coefficient (Wildman–Crippen LogP) is 17.6. The molecule has 0 aliphatic heterocycles. The van der Waals surface area contributed by atoms with E-state index in [1.165, 1.54) is 154 Å². The first-order chi connectivity index (χ1) is 34.5. The van der Waals surface area contributed by atoms with Gasteiger partial charge in [0.05, 0.1) is 39.9 Å². The van der Waals surface area contributed by atoms with E-state index < -0.39 is 26.6 Å². The molecule has 3 atom stereocenters. The molecule has 2 N–H and O–H groups in total. The fourth-order valence-corrected chi connectivity index (χ4v) is 9.26. The van der Waals surface area contributed by atoms with Crippen molar-refractivity contribution in [1.82, 2.24) is 5.32 Å². The number of hydrogen-bond acceptors (Lipinski definition) is 6. The number of unbranched alkanes of at least 4 members (excludes halogenated alkanes) is 31. The first-order valence-corrected chi connectivity index (χ1v) is 31.3. The van der Waals surface area contributed by atoms with Gasteiger partial charge in [0, 0.05) is 6.42 Å². The molecule has 0 fully saturated rings. The van der Waals surface area contributed by atoms with Crippen LogP contribution in [0.1, 0.15) is 264 Å². The molecule has 1 amide bonds. The zero-order chi connectivity index (χ0) is 52.0. The van der Waals surface area contributed by atoms with Gasteiger partial charge in [-0.2, -0.15) is 0 Å². The number of phosphoric ester groups is 1. The van der Waals surface area contributed by atoms with Crippen molar-refractivity contribution in [2.24, 2.45) is 0 Å². The van der Waals surface area contributed by atoms with Crippen LogP contribution >= 0.6 is 7.82 Å². The summed E-state index contributed by atoms with van der Waals surface area (Å²) < 4.78 is 23.4. The Bertz CT molecular complexity index is 1380. The minimum atomic E-state index is -4.61. The van der Waals surface area contributed by atoms with Crippen molar-refractivity contribution in [3.63, 3.8) is 0 Å². The number of carbonyl (C=O) groups excluding carboxylic acids is 1. The Hall–Kier alpha value is -2.06.